The van der Waals surface area contributed by atoms with Crippen molar-refractivity contribution in [3.63, 3.8) is 0 Å². The molecule has 0 atom stereocenters. The first-order valence-corrected chi connectivity index (χ1v) is 10.9. The monoisotopic (exact) mass is 488 g/mol. The Kier molecular flexibility index (Phi) is 8.69. The first-order chi connectivity index (χ1) is 16.4. The summed E-state index contributed by atoms with van der Waals surface area (Å²) in [4.78, 5) is 25.4. The molecule has 0 radical (unpaired) electrons. The van der Waals surface area contributed by atoms with E-state index >= 15 is 0 Å². The van der Waals surface area contributed by atoms with Gasteiger partial charge < -0.3 is 24.8 Å². The number of hydrogen-bond acceptors (Lipinski definition) is 7. The Balaban J connectivity index is 1.63. The number of thioether (sulfide) groups is 1. The number of hydrogen-bond donors (Lipinski definition) is 2. The summed E-state index contributed by atoms with van der Waals surface area (Å²) in [6.45, 7) is -0.521. The molecule has 3 aromatic rings. The van der Waals surface area contributed by atoms with E-state index in [1.165, 1.54) is 14.2 Å². The van der Waals surface area contributed by atoms with Crippen molar-refractivity contribution < 1.29 is 32.6 Å². The van der Waals surface area contributed by atoms with Gasteiger partial charge in [0.15, 0.2) is 6.61 Å². The minimum Gasteiger partial charge on any atom is -0.497 e. The number of alkyl halides is 2. The van der Waals surface area contributed by atoms with E-state index in [2.05, 4.69) is 10.6 Å². The van der Waals surface area contributed by atoms with Gasteiger partial charge in [0.05, 0.1) is 31.2 Å². The summed E-state index contributed by atoms with van der Waals surface area (Å²) in [6, 6.07) is 17.9. The third-order valence-corrected chi connectivity index (χ3v) is 5.24. The summed E-state index contributed by atoms with van der Waals surface area (Å²) in [6.07, 6.45) is 0. The number of para-hydroxylation sites is 1. The number of amides is 1. The van der Waals surface area contributed by atoms with Crippen molar-refractivity contribution in [3.05, 3.63) is 72.3 Å². The lowest BCUT2D eigenvalue weighted by Gasteiger charge is -2.13. The molecule has 0 aliphatic carbocycles. The van der Waals surface area contributed by atoms with E-state index in [1.54, 1.807) is 66.7 Å². The van der Waals surface area contributed by atoms with E-state index in [0.29, 0.717) is 45.2 Å². The number of benzene rings is 3. The highest BCUT2D eigenvalue weighted by molar-refractivity contribution is 7.99. The zero-order valence-electron chi connectivity index (χ0n) is 18.3. The van der Waals surface area contributed by atoms with Crippen LogP contribution in [0.5, 0.6) is 11.5 Å². The Morgan fingerprint density at radius 2 is 1.68 bits per heavy atom. The molecule has 0 spiro atoms. The van der Waals surface area contributed by atoms with Crippen LogP contribution in [0.1, 0.15) is 10.4 Å². The molecule has 3 rings (SSSR count). The van der Waals surface area contributed by atoms with E-state index in [4.69, 9.17) is 14.2 Å². The second-order valence-electron chi connectivity index (χ2n) is 6.76. The standard InChI is InChI=1S/C24H22F2N2O5S/c1-31-16-9-12-21(32-2)20(13-16)28-22(29)14-33-23(30)18-5-3-4-6-19(18)27-15-7-10-17(11-8-15)34-24(25)26/h3-13,24,27H,14H2,1-2H3,(H,28,29). The third kappa shape index (κ3) is 6.85. The molecule has 34 heavy (non-hydrogen) atoms. The summed E-state index contributed by atoms with van der Waals surface area (Å²) in [5.74, 6) is -2.82. The average Bonchev–Trinajstić information content (AvgIpc) is 2.83. The fourth-order valence-corrected chi connectivity index (χ4v) is 3.45. The highest BCUT2D eigenvalue weighted by Gasteiger charge is 2.16. The number of esters is 1. The molecule has 0 aromatic heterocycles. The highest BCUT2D eigenvalue weighted by atomic mass is 32.2. The Bertz CT molecular complexity index is 1140. The Morgan fingerprint density at radius 3 is 2.35 bits per heavy atom. The lowest BCUT2D eigenvalue weighted by molar-refractivity contribution is -0.119. The second-order valence-corrected chi connectivity index (χ2v) is 7.83. The number of anilines is 3. The van der Waals surface area contributed by atoms with Crippen molar-refractivity contribution in [1.82, 2.24) is 0 Å². The smallest absolute Gasteiger partial charge is 0.340 e. The van der Waals surface area contributed by atoms with Crippen LogP contribution in [0.15, 0.2) is 71.6 Å². The fraction of sp³-hybridized carbons (Fsp3) is 0.167. The van der Waals surface area contributed by atoms with Crippen molar-refractivity contribution >= 4 is 40.7 Å². The summed E-state index contributed by atoms with van der Waals surface area (Å²) in [7, 11) is 2.96. The highest BCUT2D eigenvalue weighted by Crippen LogP contribution is 2.29. The molecular weight excluding hydrogens is 466 g/mol. The zero-order chi connectivity index (χ0) is 24.5. The Hall–Kier alpha value is -3.79. The molecule has 0 bridgehead atoms. The van der Waals surface area contributed by atoms with Crippen LogP contribution in [-0.2, 0) is 9.53 Å². The van der Waals surface area contributed by atoms with Crippen LogP contribution in [0.25, 0.3) is 0 Å². The molecule has 3 aromatic carbocycles. The maximum atomic E-state index is 12.6. The van der Waals surface area contributed by atoms with Crippen molar-refractivity contribution in [1.29, 1.82) is 0 Å². The number of nitrogens with one attached hydrogen (secondary N) is 2. The summed E-state index contributed by atoms with van der Waals surface area (Å²) in [5, 5.41) is 5.68. The van der Waals surface area contributed by atoms with Crippen LogP contribution in [-0.4, -0.2) is 38.5 Å². The van der Waals surface area contributed by atoms with Gasteiger partial charge in [0.25, 0.3) is 11.7 Å². The molecule has 7 nitrogen and oxygen atoms in total. The van der Waals surface area contributed by atoms with E-state index in [1.807, 2.05) is 0 Å². The Morgan fingerprint density at radius 1 is 0.941 bits per heavy atom. The van der Waals surface area contributed by atoms with Crippen LogP contribution in [0.3, 0.4) is 0 Å². The van der Waals surface area contributed by atoms with Gasteiger partial charge in [-0.25, -0.2) is 4.79 Å². The van der Waals surface area contributed by atoms with Gasteiger partial charge >= 0.3 is 5.97 Å². The lowest BCUT2D eigenvalue weighted by Crippen LogP contribution is -2.21. The molecule has 0 saturated heterocycles. The molecule has 0 saturated carbocycles. The van der Waals surface area contributed by atoms with Crippen molar-refractivity contribution in [2.45, 2.75) is 10.7 Å². The molecule has 2 N–H and O–H groups in total. The first kappa shape index (κ1) is 24.8. The van der Waals surface area contributed by atoms with E-state index < -0.39 is 24.2 Å². The first-order valence-electron chi connectivity index (χ1n) is 9.99. The SMILES string of the molecule is COc1ccc(OC)c(NC(=O)COC(=O)c2ccccc2Nc2ccc(SC(F)F)cc2)c1. The quantitative estimate of drug-likeness (QED) is 0.286. The molecule has 0 aliphatic heterocycles. The van der Waals surface area contributed by atoms with E-state index in [-0.39, 0.29) is 5.56 Å². The molecule has 1 amide bonds. The number of ether oxygens (including phenoxy) is 3. The molecule has 0 fully saturated rings. The number of rotatable bonds is 10. The molecule has 178 valence electrons. The predicted molar refractivity (Wildman–Crippen MR) is 126 cm³/mol. The summed E-state index contributed by atoms with van der Waals surface area (Å²) in [5.41, 5.74) is 1.62. The van der Waals surface area contributed by atoms with Gasteiger partial charge in [-0.15, -0.1) is 0 Å². The predicted octanol–water partition coefficient (Wildman–Crippen LogP) is 5.56. The van der Waals surface area contributed by atoms with Gasteiger partial charge in [-0.3, -0.25) is 4.79 Å². The lowest BCUT2D eigenvalue weighted by atomic mass is 10.1. The van der Waals surface area contributed by atoms with Crippen molar-refractivity contribution in [2.24, 2.45) is 0 Å². The fourth-order valence-electron chi connectivity index (χ4n) is 2.95. The number of halogens is 2. The van der Waals surface area contributed by atoms with Gasteiger partial charge in [-0.05, 0) is 48.5 Å². The number of carbonyl (C=O) groups is 2. The normalized spacial score (nSPS) is 10.5. The average molecular weight is 489 g/mol. The summed E-state index contributed by atoms with van der Waals surface area (Å²) < 4.78 is 40.5. The molecule has 0 heterocycles. The molecule has 0 aliphatic rings. The van der Waals surface area contributed by atoms with Gasteiger partial charge in [0.2, 0.25) is 0 Å². The molecule has 10 heteroatoms. The van der Waals surface area contributed by atoms with Gasteiger partial charge in [-0.2, -0.15) is 8.78 Å². The maximum Gasteiger partial charge on any atom is 0.340 e. The third-order valence-electron chi connectivity index (χ3n) is 4.52. The van der Waals surface area contributed by atoms with Gasteiger partial charge in [0.1, 0.15) is 11.5 Å². The zero-order valence-corrected chi connectivity index (χ0v) is 19.2. The van der Waals surface area contributed by atoms with Crippen LogP contribution in [0.4, 0.5) is 25.8 Å². The minimum atomic E-state index is -2.50. The second kappa shape index (κ2) is 11.9. The van der Waals surface area contributed by atoms with Gasteiger partial charge in [0, 0.05) is 16.6 Å². The Labute approximate surface area is 199 Å². The maximum absolute atomic E-state index is 12.6. The largest absolute Gasteiger partial charge is 0.497 e. The summed E-state index contributed by atoms with van der Waals surface area (Å²) >= 11 is 0.448. The van der Waals surface area contributed by atoms with Gasteiger partial charge in [-0.1, -0.05) is 23.9 Å². The van der Waals surface area contributed by atoms with Crippen LogP contribution < -0.4 is 20.1 Å². The molecule has 0 unspecified atom stereocenters. The minimum absolute atomic E-state index is 0.209. The van der Waals surface area contributed by atoms with Crippen LogP contribution >= 0.6 is 11.8 Å². The topological polar surface area (TPSA) is 85.9 Å². The van der Waals surface area contributed by atoms with Crippen LogP contribution in [0.2, 0.25) is 0 Å². The van der Waals surface area contributed by atoms with Crippen LogP contribution in [0, 0.1) is 0 Å². The number of methoxy groups -OCH3 is 2. The van der Waals surface area contributed by atoms with E-state index in [9.17, 15) is 18.4 Å². The number of carbonyl (C=O) groups excluding carboxylic acids is 2. The van der Waals surface area contributed by atoms with E-state index in [0.717, 1.165) is 0 Å². The molecular formula is C24H22F2N2O5S. The van der Waals surface area contributed by atoms with Crippen molar-refractivity contribution in [2.75, 3.05) is 31.5 Å². The van der Waals surface area contributed by atoms with Crippen molar-refractivity contribution in [3.8, 4) is 11.5 Å².